The van der Waals surface area contributed by atoms with E-state index >= 15 is 0 Å². The molecule has 0 fully saturated rings. The Morgan fingerprint density at radius 2 is 2.11 bits per heavy atom. The number of aromatic nitrogens is 3. The van der Waals surface area contributed by atoms with Crippen LogP contribution in [0.3, 0.4) is 0 Å². The van der Waals surface area contributed by atoms with Crippen molar-refractivity contribution in [2.24, 2.45) is 0 Å². The molecular formula is C20H24N4O2S2. The molecular weight excluding hydrogens is 392 g/mol. The fourth-order valence-electron chi connectivity index (χ4n) is 2.79. The molecule has 0 aliphatic heterocycles. The number of nitrogens with zero attached hydrogens (tertiary/aromatic N) is 3. The minimum Gasteiger partial charge on any atom is -0.497 e. The molecule has 28 heavy (non-hydrogen) atoms. The molecule has 0 aliphatic carbocycles. The van der Waals surface area contributed by atoms with E-state index in [1.54, 1.807) is 24.5 Å². The Morgan fingerprint density at radius 3 is 2.75 bits per heavy atom. The van der Waals surface area contributed by atoms with Gasteiger partial charge in [-0.15, -0.1) is 21.5 Å². The van der Waals surface area contributed by atoms with E-state index in [1.807, 2.05) is 18.2 Å². The van der Waals surface area contributed by atoms with E-state index in [1.165, 1.54) is 22.2 Å². The van der Waals surface area contributed by atoms with E-state index in [0.29, 0.717) is 11.4 Å². The van der Waals surface area contributed by atoms with Gasteiger partial charge in [0, 0.05) is 33.6 Å². The predicted molar refractivity (Wildman–Crippen MR) is 116 cm³/mol. The highest BCUT2D eigenvalue weighted by atomic mass is 32.2. The van der Waals surface area contributed by atoms with E-state index in [9.17, 15) is 4.79 Å². The number of amides is 1. The molecule has 148 valence electrons. The fraction of sp³-hybridized carbons (Fsp3) is 0.350. The van der Waals surface area contributed by atoms with Crippen molar-refractivity contribution in [3.63, 3.8) is 0 Å². The van der Waals surface area contributed by atoms with Gasteiger partial charge in [-0.3, -0.25) is 9.36 Å². The molecule has 0 spiro atoms. The summed E-state index contributed by atoms with van der Waals surface area (Å²) in [5, 5.41) is 14.5. The molecule has 0 radical (unpaired) electrons. The number of nitrogens with one attached hydrogen (secondary N) is 1. The van der Waals surface area contributed by atoms with E-state index in [-0.39, 0.29) is 17.7 Å². The number of rotatable bonds is 7. The van der Waals surface area contributed by atoms with Gasteiger partial charge < -0.3 is 10.1 Å². The SMILES string of the molecule is COc1cccc(NC(=O)CSc2nnc(-c3csc(C)c3C)n2C(C)C)c1. The monoisotopic (exact) mass is 416 g/mol. The second-order valence-corrected chi connectivity index (χ2v) is 8.70. The first kappa shape index (κ1) is 20.4. The van der Waals surface area contributed by atoms with Crippen molar-refractivity contribution in [3.8, 4) is 17.1 Å². The summed E-state index contributed by atoms with van der Waals surface area (Å²) in [6.07, 6.45) is 0. The van der Waals surface area contributed by atoms with Crippen LogP contribution in [0.2, 0.25) is 0 Å². The Kier molecular flexibility index (Phi) is 6.41. The molecule has 8 heteroatoms. The quantitative estimate of drug-likeness (QED) is 0.552. The maximum Gasteiger partial charge on any atom is 0.234 e. The molecule has 3 rings (SSSR count). The van der Waals surface area contributed by atoms with Crippen molar-refractivity contribution < 1.29 is 9.53 Å². The molecule has 0 unspecified atom stereocenters. The minimum atomic E-state index is -0.0966. The number of methoxy groups -OCH3 is 1. The van der Waals surface area contributed by atoms with E-state index in [4.69, 9.17) is 4.74 Å². The maximum atomic E-state index is 12.4. The van der Waals surface area contributed by atoms with Gasteiger partial charge in [0.1, 0.15) is 5.75 Å². The zero-order valence-corrected chi connectivity index (χ0v) is 18.3. The smallest absolute Gasteiger partial charge is 0.234 e. The maximum absolute atomic E-state index is 12.4. The molecule has 3 aromatic rings. The van der Waals surface area contributed by atoms with Crippen LogP contribution in [0.25, 0.3) is 11.4 Å². The van der Waals surface area contributed by atoms with E-state index in [0.717, 1.165) is 16.5 Å². The summed E-state index contributed by atoms with van der Waals surface area (Å²) in [5.41, 5.74) is 3.04. The number of benzene rings is 1. The van der Waals surface area contributed by atoms with Crippen LogP contribution in [0.1, 0.15) is 30.3 Å². The first-order chi connectivity index (χ1) is 13.4. The van der Waals surface area contributed by atoms with Crippen LogP contribution in [-0.2, 0) is 4.79 Å². The van der Waals surface area contributed by atoms with Gasteiger partial charge in [-0.25, -0.2) is 0 Å². The standard InChI is InChI=1S/C20H24N4O2S2/c1-12(2)24-19(17-10-27-14(4)13(17)3)22-23-20(24)28-11-18(25)21-15-7-6-8-16(9-15)26-5/h6-10,12H,11H2,1-5H3,(H,21,25). The van der Waals surface area contributed by atoms with Crippen LogP contribution in [-0.4, -0.2) is 33.5 Å². The number of anilines is 1. The lowest BCUT2D eigenvalue weighted by Gasteiger charge is -2.14. The summed E-state index contributed by atoms with van der Waals surface area (Å²) in [4.78, 5) is 13.7. The van der Waals surface area contributed by atoms with Crippen LogP contribution in [0.5, 0.6) is 5.75 Å². The first-order valence-corrected chi connectivity index (χ1v) is 10.8. The third-order valence-corrected chi connectivity index (χ3v) is 6.35. The zero-order valence-electron chi connectivity index (χ0n) is 16.6. The van der Waals surface area contributed by atoms with E-state index < -0.39 is 0 Å². The average molecular weight is 417 g/mol. The lowest BCUT2D eigenvalue weighted by molar-refractivity contribution is -0.113. The molecule has 0 saturated heterocycles. The average Bonchev–Trinajstić information content (AvgIpc) is 3.24. The van der Waals surface area contributed by atoms with Crippen LogP contribution in [0.4, 0.5) is 5.69 Å². The van der Waals surface area contributed by atoms with Crippen molar-refractivity contribution in [3.05, 3.63) is 40.1 Å². The molecule has 2 aromatic heterocycles. The molecule has 2 heterocycles. The number of ether oxygens (including phenoxy) is 1. The highest BCUT2D eigenvalue weighted by Gasteiger charge is 2.20. The summed E-state index contributed by atoms with van der Waals surface area (Å²) in [5.74, 6) is 1.72. The molecule has 1 aromatic carbocycles. The van der Waals surface area contributed by atoms with Gasteiger partial charge in [0.2, 0.25) is 5.91 Å². The first-order valence-electron chi connectivity index (χ1n) is 8.97. The topological polar surface area (TPSA) is 69.0 Å². The third kappa shape index (κ3) is 4.39. The molecule has 0 saturated carbocycles. The van der Waals surface area contributed by atoms with Crippen LogP contribution < -0.4 is 10.1 Å². The zero-order chi connectivity index (χ0) is 20.3. The summed E-state index contributed by atoms with van der Waals surface area (Å²) in [6, 6.07) is 7.49. The van der Waals surface area contributed by atoms with Gasteiger partial charge in [0.25, 0.3) is 0 Å². The van der Waals surface area contributed by atoms with Crippen molar-refractivity contribution in [2.45, 2.75) is 38.9 Å². The predicted octanol–water partition coefficient (Wildman–Crippen LogP) is 4.94. The van der Waals surface area contributed by atoms with Gasteiger partial charge in [-0.05, 0) is 45.4 Å². The number of hydrogen-bond donors (Lipinski definition) is 1. The number of hydrogen-bond acceptors (Lipinski definition) is 6. The molecule has 0 bridgehead atoms. The molecule has 0 atom stereocenters. The summed E-state index contributed by atoms with van der Waals surface area (Å²) in [6.45, 7) is 8.41. The highest BCUT2D eigenvalue weighted by Crippen LogP contribution is 2.33. The Morgan fingerprint density at radius 1 is 1.32 bits per heavy atom. The van der Waals surface area contributed by atoms with Crippen molar-refractivity contribution in [2.75, 3.05) is 18.2 Å². The van der Waals surface area contributed by atoms with Crippen LogP contribution >= 0.6 is 23.1 Å². The van der Waals surface area contributed by atoms with Gasteiger partial charge >= 0.3 is 0 Å². The molecule has 0 aliphatic rings. The summed E-state index contributed by atoms with van der Waals surface area (Å²) >= 11 is 3.11. The normalized spacial score (nSPS) is 11.1. The fourth-order valence-corrected chi connectivity index (χ4v) is 4.52. The molecule has 1 N–H and O–H groups in total. The number of carbonyl (C=O) groups is 1. The molecule has 1 amide bonds. The highest BCUT2D eigenvalue weighted by molar-refractivity contribution is 7.99. The Balaban J connectivity index is 1.74. The van der Waals surface area contributed by atoms with Crippen LogP contribution in [0.15, 0.2) is 34.8 Å². The largest absolute Gasteiger partial charge is 0.497 e. The number of carbonyl (C=O) groups excluding carboxylic acids is 1. The van der Waals surface area contributed by atoms with Gasteiger partial charge in [-0.2, -0.15) is 0 Å². The summed E-state index contributed by atoms with van der Waals surface area (Å²) < 4.78 is 7.28. The summed E-state index contributed by atoms with van der Waals surface area (Å²) in [7, 11) is 1.60. The van der Waals surface area contributed by atoms with Gasteiger partial charge in [-0.1, -0.05) is 17.8 Å². The Labute approximate surface area is 173 Å². The number of thiophene rings is 1. The van der Waals surface area contributed by atoms with Gasteiger partial charge in [0.15, 0.2) is 11.0 Å². The lowest BCUT2D eigenvalue weighted by atomic mass is 10.1. The van der Waals surface area contributed by atoms with E-state index in [2.05, 4.69) is 53.2 Å². The Bertz CT molecular complexity index is 978. The van der Waals surface area contributed by atoms with Crippen molar-refractivity contribution >= 4 is 34.7 Å². The Hall–Kier alpha value is -2.32. The second-order valence-electron chi connectivity index (χ2n) is 6.67. The third-order valence-electron chi connectivity index (χ3n) is 4.39. The van der Waals surface area contributed by atoms with Crippen LogP contribution in [0, 0.1) is 13.8 Å². The second kappa shape index (κ2) is 8.79. The van der Waals surface area contributed by atoms with Crippen molar-refractivity contribution in [1.29, 1.82) is 0 Å². The van der Waals surface area contributed by atoms with Crippen molar-refractivity contribution in [1.82, 2.24) is 14.8 Å². The lowest BCUT2D eigenvalue weighted by Crippen LogP contribution is -2.15. The van der Waals surface area contributed by atoms with Gasteiger partial charge in [0.05, 0.1) is 12.9 Å². The number of aryl methyl sites for hydroxylation is 1. The minimum absolute atomic E-state index is 0.0966. The number of thioether (sulfide) groups is 1. The molecule has 6 nitrogen and oxygen atoms in total.